The molecular formula is C17H21FN4O4. The first-order valence-electron chi connectivity index (χ1n) is 8.48. The SMILES string of the molecule is COCc1nc(CCOC2CCN(C(=O)c3ccncc3F)CC2)no1. The van der Waals surface area contributed by atoms with E-state index in [1.807, 2.05) is 0 Å². The van der Waals surface area contributed by atoms with E-state index in [1.165, 1.54) is 12.3 Å². The summed E-state index contributed by atoms with van der Waals surface area (Å²) >= 11 is 0. The molecule has 0 aromatic carbocycles. The summed E-state index contributed by atoms with van der Waals surface area (Å²) in [7, 11) is 1.56. The van der Waals surface area contributed by atoms with Crippen molar-refractivity contribution in [3.8, 4) is 0 Å². The van der Waals surface area contributed by atoms with Crippen LogP contribution in [0.3, 0.4) is 0 Å². The molecule has 0 saturated carbocycles. The third-order valence-electron chi connectivity index (χ3n) is 4.19. The zero-order valence-corrected chi connectivity index (χ0v) is 14.6. The number of rotatable bonds is 7. The number of halogens is 1. The van der Waals surface area contributed by atoms with Gasteiger partial charge in [0.05, 0.1) is 24.5 Å². The summed E-state index contributed by atoms with van der Waals surface area (Å²) in [6.45, 7) is 1.83. The molecule has 2 aromatic rings. The van der Waals surface area contributed by atoms with E-state index in [1.54, 1.807) is 12.0 Å². The Bertz CT molecular complexity index is 731. The number of nitrogens with zero attached hydrogens (tertiary/aromatic N) is 4. The Morgan fingerprint density at radius 1 is 1.42 bits per heavy atom. The fourth-order valence-electron chi connectivity index (χ4n) is 2.84. The van der Waals surface area contributed by atoms with Crippen LogP contribution < -0.4 is 0 Å². The van der Waals surface area contributed by atoms with E-state index in [-0.39, 0.29) is 17.6 Å². The van der Waals surface area contributed by atoms with Gasteiger partial charge in [0.1, 0.15) is 6.61 Å². The van der Waals surface area contributed by atoms with Gasteiger partial charge >= 0.3 is 0 Å². The zero-order valence-electron chi connectivity index (χ0n) is 14.6. The molecule has 1 fully saturated rings. The van der Waals surface area contributed by atoms with Gasteiger partial charge in [0.25, 0.3) is 11.8 Å². The summed E-state index contributed by atoms with van der Waals surface area (Å²) in [5.74, 6) is 0.125. The Balaban J connectivity index is 1.41. The van der Waals surface area contributed by atoms with Gasteiger partial charge in [-0.05, 0) is 18.9 Å². The third-order valence-corrected chi connectivity index (χ3v) is 4.19. The molecule has 0 radical (unpaired) electrons. The van der Waals surface area contributed by atoms with E-state index in [2.05, 4.69) is 15.1 Å². The smallest absolute Gasteiger partial charge is 0.256 e. The molecule has 0 atom stereocenters. The van der Waals surface area contributed by atoms with Crippen molar-refractivity contribution in [3.05, 3.63) is 41.6 Å². The molecular weight excluding hydrogens is 343 g/mol. The summed E-state index contributed by atoms with van der Waals surface area (Å²) in [6.07, 6.45) is 4.50. The van der Waals surface area contributed by atoms with Gasteiger partial charge in [-0.2, -0.15) is 4.98 Å². The van der Waals surface area contributed by atoms with Crippen molar-refractivity contribution in [2.45, 2.75) is 32.0 Å². The van der Waals surface area contributed by atoms with Gasteiger partial charge in [-0.15, -0.1) is 0 Å². The highest BCUT2D eigenvalue weighted by molar-refractivity contribution is 5.94. The largest absolute Gasteiger partial charge is 0.378 e. The molecule has 2 aromatic heterocycles. The van der Waals surface area contributed by atoms with Crippen LogP contribution in [0.5, 0.6) is 0 Å². The number of amides is 1. The van der Waals surface area contributed by atoms with Gasteiger partial charge in [-0.3, -0.25) is 9.78 Å². The lowest BCUT2D eigenvalue weighted by atomic mass is 10.1. The average Bonchev–Trinajstić information content (AvgIpc) is 3.10. The molecule has 1 amide bonds. The van der Waals surface area contributed by atoms with Gasteiger partial charge < -0.3 is 18.9 Å². The number of ether oxygens (including phenoxy) is 2. The Labute approximate surface area is 150 Å². The molecule has 3 rings (SSSR count). The minimum Gasteiger partial charge on any atom is -0.378 e. The van der Waals surface area contributed by atoms with E-state index in [4.69, 9.17) is 14.0 Å². The monoisotopic (exact) mass is 364 g/mol. The normalized spacial score (nSPS) is 15.4. The minimum atomic E-state index is -0.594. The molecule has 3 heterocycles. The van der Waals surface area contributed by atoms with Gasteiger partial charge in [-0.25, -0.2) is 4.39 Å². The maximum absolute atomic E-state index is 13.7. The number of methoxy groups -OCH3 is 1. The molecule has 8 nitrogen and oxygen atoms in total. The van der Waals surface area contributed by atoms with E-state index in [9.17, 15) is 9.18 Å². The van der Waals surface area contributed by atoms with Gasteiger partial charge in [0.15, 0.2) is 11.6 Å². The van der Waals surface area contributed by atoms with Crippen molar-refractivity contribution in [1.29, 1.82) is 0 Å². The quantitative estimate of drug-likeness (QED) is 0.737. The molecule has 0 aliphatic carbocycles. The van der Waals surface area contributed by atoms with Crippen LogP contribution in [0.2, 0.25) is 0 Å². The lowest BCUT2D eigenvalue weighted by Gasteiger charge is -2.32. The van der Waals surface area contributed by atoms with Gasteiger partial charge in [-0.1, -0.05) is 5.16 Å². The number of pyridine rings is 1. The highest BCUT2D eigenvalue weighted by Gasteiger charge is 2.25. The predicted octanol–water partition coefficient (Wildman–Crippen LogP) is 1.61. The first-order valence-corrected chi connectivity index (χ1v) is 8.48. The standard InChI is InChI=1S/C17H21FN4O4/c1-24-11-16-20-15(21-26-16)5-9-25-12-3-7-22(8-4-12)17(23)13-2-6-19-10-14(13)18/h2,6,10,12H,3-5,7-9,11H2,1H3. The van der Waals surface area contributed by atoms with Crippen LogP contribution in [-0.2, 0) is 22.5 Å². The summed E-state index contributed by atoms with van der Waals surface area (Å²) in [6, 6.07) is 1.41. The molecule has 1 aliphatic rings. The van der Waals surface area contributed by atoms with Gasteiger partial charge in [0.2, 0.25) is 0 Å². The molecule has 1 saturated heterocycles. The first-order chi connectivity index (χ1) is 12.7. The fourth-order valence-corrected chi connectivity index (χ4v) is 2.84. The van der Waals surface area contributed by atoms with Crippen molar-refractivity contribution >= 4 is 5.91 Å². The molecule has 0 spiro atoms. The van der Waals surface area contributed by atoms with Gasteiger partial charge in [0, 0.05) is 32.8 Å². The fraction of sp³-hybridized carbons (Fsp3) is 0.529. The number of hydrogen-bond donors (Lipinski definition) is 0. The topological polar surface area (TPSA) is 90.6 Å². The Morgan fingerprint density at radius 2 is 2.23 bits per heavy atom. The van der Waals surface area contributed by atoms with Crippen LogP contribution >= 0.6 is 0 Å². The molecule has 1 aliphatic heterocycles. The zero-order chi connectivity index (χ0) is 18.4. The van der Waals surface area contributed by atoms with Crippen molar-refractivity contribution < 1.29 is 23.2 Å². The summed E-state index contributed by atoms with van der Waals surface area (Å²) in [5.41, 5.74) is 0.0586. The third kappa shape index (κ3) is 4.61. The van der Waals surface area contributed by atoms with Crippen molar-refractivity contribution in [3.63, 3.8) is 0 Å². The van der Waals surface area contributed by atoms with Crippen LogP contribution in [0.25, 0.3) is 0 Å². The van der Waals surface area contributed by atoms with Crippen LogP contribution in [0, 0.1) is 5.82 Å². The molecule has 9 heteroatoms. The summed E-state index contributed by atoms with van der Waals surface area (Å²) in [4.78, 5) is 21.9. The highest BCUT2D eigenvalue weighted by atomic mass is 19.1. The van der Waals surface area contributed by atoms with Crippen molar-refractivity contribution in [2.75, 3.05) is 26.8 Å². The van der Waals surface area contributed by atoms with Crippen molar-refractivity contribution in [1.82, 2.24) is 20.0 Å². The van der Waals surface area contributed by atoms with Crippen LogP contribution in [-0.4, -0.2) is 58.8 Å². The molecule has 140 valence electrons. The maximum Gasteiger partial charge on any atom is 0.256 e. The summed E-state index contributed by atoms with van der Waals surface area (Å²) < 4.78 is 29.5. The lowest BCUT2D eigenvalue weighted by molar-refractivity contribution is 0.00935. The lowest BCUT2D eigenvalue weighted by Crippen LogP contribution is -2.41. The number of carbonyl (C=O) groups is 1. The Hall–Kier alpha value is -2.39. The molecule has 0 unspecified atom stereocenters. The first kappa shape index (κ1) is 18.4. The molecule has 26 heavy (non-hydrogen) atoms. The van der Waals surface area contributed by atoms with Crippen LogP contribution in [0.4, 0.5) is 4.39 Å². The second-order valence-electron chi connectivity index (χ2n) is 6.01. The van der Waals surface area contributed by atoms with Crippen LogP contribution in [0.15, 0.2) is 23.0 Å². The Morgan fingerprint density at radius 3 is 2.96 bits per heavy atom. The van der Waals surface area contributed by atoms with E-state index in [0.29, 0.717) is 57.3 Å². The predicted molar refractivity (Wildman–Crippen MR) is 87.8 cm³/mol. The van der Waals surface area contributed by atoms with E-state index in [0.717, 1.165) is 6.20 Å². The Kier molecular flexibility index (Phi) is 6.24. The number of hydrogen-bond acceptors (Lipinski definition) is 7. The second-order valence-corrected chi connectivity index (χ2v) is 6.01. The number of piperidine rings is 1. The van der Waals surface area contributed by atoms with Crippen molar-refractivity contribution in [2.24, 2.45) is 0 Å². The highest BCUT2D eigenvalue weighted by Crippen LogP contribution is 2.17. The second kappa shape index (κ2) is 8.81. The number of carbonyl (C=O) groups excluding carboxylic acids is 1. The molecule has 0 bridgehead atoms. The summed E-state index contributed by atoms with van der Waals surface area (Å²) in [5, 5.41) is 3.85. The maximum atomic E-state index is 13.7. The van der Waals surface area contributed by atoms with E-state index >= 15 is 0 Å². The van der Waals surface area contributed by atoms with E-state index < -0.39 is 5.82 Å². The number of likely N-dealkylation sites (tertiary alicyclic amines) is 1. The minimum absolute atomic E-state index is 0.0586. The molecule has 0 N–H and O–H groups in total. The van der Waals surface area contributed by atoms with Crippen LogP contribution in [0.1, 0.15) is 34.9 Å². The average molecular weight is 364 g/mol. The number of aromatic nitrogens is 3.